The van der Waals surface area contributed by atoms with E-state index in [2.05, 4.69) is 23.1 Å². The van der Waals surface area contributed by atoms with Gasteiger partial charge in [-0.05, 0) is 25.8 Å². The van der Waals surface area contributed by atoms with Gasteiger partial charge in [-0.1, -0.05) is 42.0 Å². The molecule has 1 aromatic carbocycles. The van der Waals surface area contributed by atoms with Crippen LogP contribution in [0.1, 0.15) is 25.8 Å². The van der Waals surface area contributed by atoms with Crippen LogP contribution in [0.15, 0.2) is 42.0 Å². The van der Waals surface area contributed by atoms with Crippen LogP contribution in [-0.2, 0) is 11.3 Å². The number of carboxylic acid groups (broad SMARTS) is 1. The molecule has 1 aliphatic heterocycles. The molecule has 1 aliphatic rings. The molecule has 1 heterocycles. The second-order valence-electron chi connectivity index (χ2n) is 5.63. The number of aliphatic carboxylic acids is 1. The molecule has 0 bridgehead atoms. The quantitative estimate of drug-likeness (QED) is 0.845. The van der Waals surface area contributed by atoms with Crippen molar-refractivity contribution in [2.75, 3.05) is 13.1 Å². The lowest BCUT2D eigenvalue weighted by atomic mass is 9.81. The summed E-state index contributed by atoms with van der Waals surface area (Å²) in [6, 6.07) is 10.4. The van der Waals surface area contributed by atoms with Gasteiger partial charge in [-0.3, -0.25) is 9.69 Å². The van der Waals surface area contributed by atoms with Crippen molar-refractivity contribution in [1.82, 2.24) is 4.90 Å². The monoisotopic (exact) mass is 259 g/mol. The molecule has 2 rings (SSSR count). The molecule has 0 aromatic heterocycles. The van der Waals surface area contributed by atoms with E-state index in [4.69, 9.17) is 0 Å². The van der Waals surface area contributed by atoms with Crippen LogP contribution in [0.3, 0.4) is 0 Å². The Morgan fingerprint density at radius 1 is 1.32 bits per heavy atom. The zero-order valence-corrected chi connectivity index (χ0v) is 11.6. The summed E-state index contributed by atoms with van der Waals surface area (Å²) in [6.45, 7) is 6.26. The highest BCUT2D eigenvalue weighted by atomic mass is 16.4. The number of carboxylic acids is 1. The van der Waals surface area contributed by atoms with Gasteiger partial charge < -0.3 is 5.11 Å². The maximum absolute atomic E-state index is 11.2. The Hall–Kier alpha value is -1.61. The molecule has 102 valence electrons. The highest BCUT2D eigenvalue weighted by Gasteiger charge is 2.32. The number of hydrogen-bond acceptors (Lipinski definition) is 2. The van der Waals surface area contributed by atoms with E-state index in [1.165, 1.54) is 5.56 Å². The molecule has 0 atom stereocenters. The minimum Gasteiger partial charge on any atom is -0.481 e. The first-order valence-corrected chi connectivity index (χ1v) is 6.69. The van der Waals surface area contributed by atoms with E-state index < -0.39 is 11.4 Å². The van der Waals surface area contributed by atoms with Gasteiger partial charge in [0.15, 0.2) is 0 Å². The van der Waals surface area contributed by atoms with Crippen LogP contribution in [-0.4, -0.2) is 29.1 Å². The molecule has 0 radical (unpaired) electrons. The Morgan fingerprint density at radius 3 is 2.53 bits per heavy atom. The number of hydrogen-bond donors (Lipinski definition) is 1. The van der Waals surface area contributed by atoms with Gasteiger partial charge in [-0.15, -0.1) is 0 Å². The van der Waals surface area contributed by atoms with Crippen molar-refractivity contribution in [3.05, 3.63) is 47.5 Å². The molecule has 1 aromatic rings. The molecule has 19 heavy (non-hydrogen) atoms. The first-order valence-electron chi connectivity index (χ1n) is 6.69. The van der Waals surface area contributed by atoms with Crippen molar-refractivity contribution < 1.29 is 9.90 Å². The lowest BCUT2D eigenvalue weighted by molar-refractivity contribution is -0.145. The fourth-order valence-corrected chi connectivity index (χ4v) is 2.40. The molecule has 0 fully saturated rings. The molecular weight excluding hydrogens is 238 g/mol. The topological polar surface area (TPSA) is 40.5 Å². The molecule has 0 saturated carbocycles. The standard InChI is InChI=1S/C16H21NO2/c1-16(2,15(18)19)14-8-10-17(11-9-14)12-13-6-4-3-5-7-13/h3-8H,9-12H2,1-2H3,(H,18,19). The maximum atomic E-state index is 11.2. The average Bonchev–Trinajstić information content (AvgIpc) is 2.40. The number of benzene rings is 1. The third-order valence-electron chi connectivity index (χ3n) is 3.88. The third kappa shape index (κ3) is 3.24. The van der Waals surface area contributed by atoms with Gasteiger partial charge in [0.05, 0.1) is 5.41 Å². The zero-order chi connectivity index (χ0) is 13.9. The van der Waals surface area contributed by atoms with Gasteiger partial charge in [0, 0.05) is 19.6 Å². The lowest BCUT2D eigenvalue weighted by Gasteiger charge is -2.31. The summed E-state index contributed by atoms with van der Waals surface area (Å²) in [5, 5.41) is 9.24. The van der Waals surface area contributed by atoms with Crippen LogP contribution in [0.5, 0.6) is 0 Å². The smallest absolute Gasteiger partial charge is 0.313 e. The van der Waals surface area contributed by atoms with Gasteiger partial charge in [0.1, 0.15) is 0 Å². The zero-order valence-electron chi connectivity index (χ0n) is 11.6. The Kier molecular flexibility index (Phi) is 4.05. The second kappa shape index (κ2) is 5.57. The van der Waals surface area contributed by atoms with Gasteiger partial charge in [-0.2, -0.15) is 0 Å². The van der Waals surface area contributed by atoms with E-state index in [1.807, 2.05) is 18.2 Å². The van der Waals surface area contributed by atoms with Crippen LogP contribution in [0.25, 0.3) is 0 Å². The predicted molar refractivity (Wildman–Crippen MR) is 75.8 cm³/mol. The fourth-order valence-electron chi connectivity index (χ4n) is 2.40. The van der Waals surface area contributed by atoms with E-state index in [1.54, 1.807) is 13.8 Å². The summed E-state index contributed by atoms with van der Waals surface area (Å²) < 4.78 is 0. The van der Waals surface area contributed by atoms with E-state index in [9.17, 15) is 9.90 Å². The summed E-state index contributed by atoms with van der Waals surface area (Å²) in [4.78, 5) is 13.6. The second-order valence-corrected chi connectivity index (χ2v) is 5.63. The van der Waals surface area contributed by atoms with Gasteiger partial charge in [0.25, 0.3) is 0 Å². The Bertz CT molecular complexity index is 477. The molecule has 0 amide bonds. The molecule has 0 spiro atoms. The first kappa shape index (κ1) is 13.8. The van der Waals surface area contributed by atoms with Crippen molar-refractivity contribution in [2.45, 2.75) is 26.8 Å². The Balaban J connectivity index is 1.98. The highest BCUT2D eigenvalue weighted by Crippen LogP contribution is 2.31. The molecular formula is C16H21NO2. The van der Waals surface area contributed by atoms with Gasteiger partial charge >= 0.3 is 5.97 Å². The largest absolute Gasteiger partial charge is 0.481 e. The van der Waals surface area contributed by atoms with Crippen LogP contribution in [0.4, 0.5) is 0 Å². The van der Waals surface area contributed by atoms with E-state index >= 15 is 0 Å². The lowest BCUT2D eigenvalue weighted by Crippen LogP contribution is -2.34. The minimum absolute atomic E-state index is 0.737. The van der Waals surface area contributed by atoms with Crippen molar-refractivity contribution >= 4 is 5.97 Å². The van der Waals surface area contributed by atoms with Crippen LogP contribution >= 0.6 is 0 Å². The molecule has 0 unspecified atom stereocenters. The summed E-state index contributed by atoms with van der Waals surface area (Å²) in [7, 11) is 0. The first-order chi connectivity index (χ1) is 9.00. The predicted octanol–water partition coefficient (Wildman–Crippen LogP) is 2.93. The van der Waals surface area contributed by atoms with E-state index in [0.29, 0.717) is 0 Å². The van der Waals surface area contributed by atoms with Crippen molar-refractivity contribution in [1.29, 1.82) is 0 Å². The van der Waals surface area contributed by atoms with E-state index in [-0.39, 0.29) is 0 Å². The highest BCUT2D eigenvalue weighted by molar-refractivity contribution is 5.77. The van der Waals surface area contributed by atoms with Gasteiger partial charge in [0.2, 0.25) is 0 Å². The molecule has 0 saturated heterocycles. The Labute approximate surface area is 114 Å². The SMILES string of the molecule is CC(C)(C(=O)O)C1=CCN(Cc2ccccc2)CC1. The number of nitrogens with zero attached hydrogens (tertiary/aromatic N) is 1. The molecule has 3 nitrogen and oxygen atoms in total. The van der Waals surface area contributed by atoms with Crippen LogP contribution < -0.4 is 0 Å². The summed E-state index contributed by atoms with van der Waals surface area (Å²) in [5.41, 5.74) is 1.61. The van der Waals surface area contributed by atoms with Crippen molar-refractivity contribution in [3.63, 3.8) is 0 Å². The number of carbonyl (C=O) groups is 1. The fraction of sp³-hybridized carbons (Fsp3) is 0.438. The van der Waals surface area contributed by atoms with Crippen LogP contribution in [0.2, 0.25) is 0 Å². The number of rotatable bonds is 4. The van der Waals surface area contributed by atoms with Gasteiger partial charge in [-0.25, -0.2) is 0 Å². The normalized spacial score (nSPS) is 17.1. The maximum Gasteiger partial charge on any atom is 0.313 e. The van der Waals surface area contributed by atoms with E-state index in [0.717, 1.165) is 31.6 Å². The van der Waals surface area contributed by atoms with Crippen LogP contribution in [0, 0.1) is 5.41 Å². The third-order valence-corrected chi connectivity index (χ3v) is 3.88. The molecule has 3 heteroatoms. The summed E-state index contributed by atoms with van der Waals surface area (Å²) in [6.07, 6.45) is 2.92. The summed E-state index contributed by atoms with van der Waals surface area (Å²) in [5.74, 6) is -0.741. The minimum atomic E-state index is -0.741. The average molecular weight is 259 g/mol. The van der Waals surface area contributed by atoms with Crippen molar-refractivity contribution in [2.24, 2.45) is 5.41 Å². The molecule has 0 aliphatic carbocycles. The summed E-state index contributed by atoms with van der Waals surface area (Å²) >= 11 is 0. The van der Waals surface area contributed by atoms with Crippen molar-refractivity contribution in [3.8, 4) is 0 Å². The Morgan fingerprint density at radius 2 is 2.00 bits per heavy atom. The molecule has 1 N–H and O–H groups in total.